The van der Waals surface area contributed by atoms with E-state index in [1.54, 1.807) is 31.4 Å². The van der Waals surface area contributed by atoms with Crippen LogP contribution >= 0.6 is 0 Å². The Morgan fingerprint density at radius 3 is 1.32 bits per heavy atom. The van der Waals surface area contributed by atoms with Gasteiger partial charge in [0.1, 0.15) is 5.75 Å². The number of rotatable bonds is 4. The van der Waals surface area contributed by atoms with E-state index in [2.05, 4.69) is 17.0 Å². The molecule has 0 amide bonds. The Morgan fingerprint density at radius 1 is 0.640 bits per heavy atom. The molecule has 0 aliphatic carbocycles. The molecule has 0 fully saturated rings. The molecule has 0 saturated heterocycles. The van der Waals surface area contributed by atoms with Gasteiger partial charge in [-0.25, -0.2) is 0 Å². The molecule has 0 aliphatic rings. The monoisotopic (exact) mass is 325 g/mol. The van der Waals surface area contributed by atoms with Crippen LogP contribution in [0.15, 0.2) is 72.8 Å². The van der Waals surface area contributed by atoms with Gasteiger partial charge in [-0.15, -0.1) is 0 Å². The van der Waals surface area contributed by atoms with E-state index < -0.39 is 0 Å². The fraction of sp³-hybridized carbons (Fsp3) is 0.0476. The van der Waals surface area contributed by atoms with Crippen LogP contribution < -0.4 is 9.64 Å². The average molecular weight is 325 g/mol. The minimum absolute atomic E-state index is 0.609. The van der Waals surface area contributed by atoms with E-state index in [4.69, 9.17) is 15.3 Å². The number of anilines is 3. The molecule has 0 aliphatic heterocycles. The highest BCUT2D eigenvalue weighted by Crippen LogP contribution is 2.35. The normalized spacial score (nSPS) is 9.72. The first-order valence-corrected chi connectivity index (χ1v) is 7.69. The lowest BCUT2D eigenvalue weighted by atomic mass is 10.1. The SMILES string of the molecule is COc1ccc(N(c2ccc(C#N)cc2)c2ccc(C#N)cc2)cc1. The average Bonchev–Trinajstić information content (AvgIpc) is 2.70. The van der Waals surface area contributed by atoms with Crippen LogP contribution in [-0.2, 0) is 0 Å². The standard InChI is InChI=1S/C21H15N3O/c1-25-21-12-10-20(11-13-21)24(18-6-2-16(14-22)3-7-18)19-8-4-17(15-23)5-9-19/h2-13H,1H3. The van der Waals surface area contributed by atoms with Crippen molar-refractivity contribution in [1.29, 1.82) is 10.5 Å². The Balaban J connectivity index is 2.08. The van der Waals surface area contributed by atoms with Crippen LogP contribution in [0.3, 0.4) is 0 Å². The van der Waals surface area contributed by atoms with Crippen molar-refractivity contribution in [2.75, 3.05) is 12.0 Å². The zero-order valence-electron chi connectivity index (χ0n) is 13.7. The Kier molecular flexibility index (Phi) is 4.65. The maximum Gasteiger partial charge on any atom is 0.119 e. The molecule has 0 saturated carbocycles. The number of nitrogens with zero attached hydrogens (tertiary/aromatic N) is 3. The van der Waals surface area contributed by atoms with Gasteiger partial charge in [0.15, 0.2) is 0 Å². The van der Waals surface area contributed by atoms with Crippen molar-refractivity contribution in [3.05, 3.63) is 83.9 Å². The number of hydrogen-bond acceptors (Lipinski definition) is 4. The third kappa shape index (κ3) is 3.44. The first kappa shape index (κ1) is 16.1. The number of nitriles is 2. The predicted molar refractivity (Wildman–Crippen MR) is 97.1 cm³/mol. The summed E-state index contributed by atoms with van der Waals surface area (Å²) in [5.74, 6) is 0.781. The minimum atomic E-state index is 0.609. The Labute approximate surface area is 146 Å². The van der Waals surface area contributed by atoms with Crippen LogP contribution in [0.4, 0.5) is 17.1 Å². The summed E-state index contributed by atoms with van der Waals surface area (Å²) in [6.45, 7) is 0. The predicted octanol–water partition coefficient (Wildman–Crippen LogP) is 4.91. The van der Waals surface area contributed by atoms with E-state index in [9.17, 15) is 0 Å². The van der Waals surface area contributed by atoms with Crippen molar-refractivity contribution in [2.24, 2.45) is 0 Å². The second-order valence-electron chi connectivity index (χ2n) is 5.35. The molecular formula is C21H15N3O. The second-order valence-corrected chi connectivity index (χ2v) is 5.35. The highest BCUT2D eigenvalue weighted by atomic mass is 16.5. The van der Waals surface area contributed by atoms with Crippen LogP contribution in [0.2, 0.25) is 0 Å². The van der Waals surface area contributed by atoms with Gasteiger partial charge >= 0.3 is 0 Å². The highest BCUT2D eigenvalue weighted by Gasteiger charge is 2.12. The molecule has 0 aromatic heterocycles. The Hall–Kier alpha value is -3.76. The third-order valence-electron chi connectivity index (χ3n) is 3.84. The fourth-order valence-electron chi connectivity index (χ4n) is 2.55. The maximum atomic E-state index is 9.01. The zero-order valence-corrected chi connectivity index (χ0v) is 13.7. The topological polar surface area (TPSA) is 60.0 Å². The fourth-order valence-corrected chi connectivity index (χ4v) is 2.55. The summed E-state index contributed by atoms with van der Waals surface area (Å²) in [6.07, 6.45) is 0. The quantitative estimate of drug-likeness (QED) is 0.684. The van der Waals surface area contributed by atoms with Crippen molar-refractivity contribution in [2.45, 2.75) is 0 Å². The summed E-state index contributed by atoms with van der Waals surface area (Å²) in [6, 6.07) is 26.8. The van der Waals surface area contributed by atoms with Gasteiger partial charge in [-0.05, 0) is 72.8 Å². The van der Waals surface area contributed by atoms with Crippen molar-refractivity contribution in [3.63, 3.8) is 0 Å². The molecule has 0 spiro atoms. The van der Waals surface area contributed by atoms with Gasteiger partial charge in [-0.1, -0.05) is 0 Å². The van der Waals surface area contributed by atoms with E-state index in [1.165, 1.54) is 0 Å². The number of methoxy groups -OCH3 is 1. The molecule has 0 radical (unpaired) electrons. The van der Waals surface area contributed by atoms with Crippen molar-refractivity contribution >= 4 is 17.1 Å². The van der Waals surface area contributed by atoms with Gasteiger partial charge in [0.2, 0.25) is 0 Å². The molecule has 120 valence electrons. The number of hydrogen-bond donors (Lipinski definition) is 0. The lowest BCUT2D eigenvalue weighted by Gasteiger charge is -2.25. The summed E-state index contributed by atoms with van der Waals surface area (Å²) in [7, 11) is 1.63. The summed E-state index contributed by atoms with van der Waals surface area (Å²) < 4.78 is 5.23. The van der Waals surface area contributed by atoms with Gasteiger partial charge in [0.25, 0.3) is 0 Å². The Bertz CT molecular complexity index is 873. The second kappa shape index (κ2) is 7.21. The zero-order chi connectivity index (χ0) is 17.6. The maximum absolute atomic E-state index is 9.01. The van der Waals surface area contributed by atoms with Gasteiger partial charge in [-0.2, -0.15) is 10.5 Å². The van der Waals surface area contributed by atoms with Crippen molar-refractivity contribution in [1.82, 2.24) is 0 Å². The smallest absolute Gasteiger partial charge is 0.119 e. The van der Waals surface area contributed by atoms with E-state index in [0.29, 0.717) is 11.1 Å². The highest BCUT2D eigenvalue weighted by molar-refractivity contribution is 5.77. The van der Waals surface area contributed by atoms with Crippen LogP contribution in [0.1, 0.15) is 11.1 Å². The van der Waals surface area contributed by atoms with Gasteiger partial charge in [-0.3, -0.25) is 0 Å². The van der Waals surface area contributed by atoms with E-state index in [0.717, 1.165) is 22.8 Å². The molecule has 3 aromatic carbocycles. The first-order chi connectivity index (χ1) is 12.2. The summed E-state index contributed by atoms with van der Waals surface area (Å²) in [5.41, 5.74) is 4.02. The van der Waals surface area contributed by atoms with Crippen LogP contribution in [0, 0.1) is 22.7 Å². The molecule has 0 atom stereocenters. The van der Waals surface area contributed by atoms with Crippen LogP contribution in [0.5, 0.6) is 5.75 Å². The van der Waals surface area contributed by atoms with Gasteiger partial charge in [0.05, 0.1) is 30.4 Å². The van der Waals surface area contributed by atoms with Gasteiger partial charge < -0.3 is 9.64 Å². The van der Waals surface area contributed by atoms with Crippen molar-refractivity contribution in [3.8, 4) is 17.9 Å². The molecule has 0 unspecified atom stereocenters. The largest absolute Gasteiger partial charge is 0.497 e. The molecule has 0 heterocycles. The number of ether oxygens (including phenoxy) is 1. The first-order valence-electron chi connectivity index (χ1n) is 7.69. The van der Waals surface area contributed by atoms with E-state index in [1.807, 2.05) is 48.5 Å². The molecular weight excluding hydrogens is 310 g/mol. The Morgan fingerprint density at radius 2 is 1.00 bits per heavy atom. The molecule has 25 heavy (non-hydrogen) atoms. The molecule has 0 bridgehead atoms. The lowest BCUT2D eigenvalue weighted by molar-refractivity contribution is 0.415. The molecule has 4 nitrogen and oxygen atoms in total. The lowest BCUT2D eigenvalue weighted by Crippen LogP contribution is -2.09. The summed E-state index contributed by atoms with van der Waals surface area (Å²) in [4.78, 5) is 2.06. The number of benzene rings is 3. The minimum Gasteiger partial charge on any atom is -0.497 e. The van der Waals surface area contributed by atoms with E-state index in [-0.39, 0.29) is 0 Å². The van der Waals surface area contributed by atoms with Gasteiger partial charge in [0, 0.05) is 17.1 Å². The molecule has 3 aromatic rings. The van der Waals surface area contributed by atoms with Crippen molar-refractivity contribution < 1.29 is 4.74 Å². The molecule has 3 rings (SSSR count). The summed E-state index contributed by atoms with van der Waals surface area (Å²) >= 11 is 0. The van der Waals surface area contributed by atoms with Crippen LogP contribution in [-0.4, -0.2) is 7.11 Å². The molecule has 0 N–H and O–H groups in total. The summed E-state index contributed by atoms with van der Waals surface area (Å²) in [5, 5.41) is 18.0. The van der Waals surface area contributed by atoms with Crippen LogP contribution in [0.25, 0.3) is 0 Å². The molecule has 4 heteroatoms. The third-order valence-corrected chi connectivity index (χ3v) is 3.84. The van der Waals surface area contributed by atoms with E-state index >= 15 is 0 Å².